The maximum atomic E-state index is 13.9. The number of rotatable bonds is 9. The number of ether oxygens (including phenoxy) is 1. The predicted molar refractivity (Wildman–Crippen MR) is 145 cm³/mol. The zero-order valence-corrected chi connectivity index (χ0v) is 22.7. The predicted octanol–water partition coefficient (Wildman–Crippen LogP) is 7.12. The van der Waals surface area contributed by atoms with E-state index in [0.717, 1.165) is 24.4 Å². The number of hydrogen-bond donors (Lipinski definition) is 0. The Morgan fingerprint density at radius 1 is 0.971 bits per heavy atom. The summed E-state index contributed by atoms with van der Waals surface area (Å²) in [7, 11) is -3.99. The molecule has 0 amide bonds. The van der Waals surface area contributed by atoms with Gasteiger partial charge in [0.05, 0.1) is 21.2 Å². The highest BCUT2D eigenvalue weighted by Gasteiger charge is 2.30. The first-order valence-electron chi connectivity index (χ1n) is 11.1. The van der Waals surface area contributed by atoms with Gasteiger partial charge >= 0.3 is 0 Å². The van der Waals surface area contributed by atoms with E-state index >= 15 is 0 Å². The van der Waals surface area contributed by atoms with Gasteiger partial charge in [0, 0.05) is 16.1 Å². The summed E-state index contributed by atoms with van der Waals surface area (Å²) in [6.45, 7) is 8.18. The van der Waals surface area contributed by atoms with Gasteiger partial charge in [0.2, 0.25) is 0 Å². The third-order valence-electron chi connectivity index (χ3n) is 5.52. The third kappa shape index (κ3) is 5.57. The molecule has 2 aromatic carbocycles. The Bertz CT molecular complexity index is 1430. The molecular formula is C25H25Cl2N3O3S2. The first kappa shape index (κ1) is 25.7. The van der Waals surface area contributed by atoms with Crippen LogP contribution < -0.4 is 9.04 Å². The highest BCUT2D eigenvalue weighted by atomic mass is 35.5. The number of pyridine rings is 1. The van der Waals surface area contributed by atoms with Gasteiger partial charge in [-0.2, -0.15) is 8.42 Å². The fourth-order valence-electron chi connectivity index (χ4n) is 3.66. The highest BCUT2D eigenvalue weighted by molar-refractivity contribution is 7.95. The Morgan fingerprint density at radius 3 is 2.31 bits per heavy atom. The van der Waals surface area contributed by atoms with Crippen molar-refractivity contribution in [2.45, 2.75) is 25.0 Å². The molecular weight excluding hydrogens is 525 g/mol. The number of sulfonamides is 1. The third-order valence-corrected chi connectivity index (χ3v) is 9.20. The van der Waals surface area contributed by atoms with E-state index in [1.807, 2.05) is 6.92 Å². The molecule has 0 aliphatic rings. The molecule has 0 fully saturated rings. The number of benzene rings is 2. The van der Waals surface area contributed by atoms with Gasteiger partial charge in [0.25, 0.3) is 10.0 Å². The van der Waals surface area contributed by atoms with Gasteiger partial charge in [-0.05, 0) is 80.7 Å². The lowest BCUT2D eigenvalue weighted by Gasteiger charge is -2.26. The molecule has 0 aliphatic carbocycles. The number of fused-ring (bicyclic) bond motifs is 1. The molecule has 0 aliphatic heterocycles. The van der Waals surface area contributed by atoms with Crippen LogP contribution in [0.2, 0.25) is 9.36 Å². The van der Waals surface area contributed by atoms with Crippen molar-refractivity contribution in [3.8, 4) is 5.75 Å². The molecule has 35 heavy (non-hydrogen) atoms. The molecule has 10 heteroatoms. The maximum Gasteiger partial charge on any atom is 0.278 e. The van der Waals surface area contributed by atoms with E-state index in [-0.39, 0.29) is 4.21 Å². The number of aryl methyl sites for hydroxylation is 1. The van der Waals surface area contributed by atoms with Crippen LogP contribution in [0.4, 0.5) is 11.4 Å². The summed E-state index contributed by atoms with van der Waals surface area (Å²) in [5, 5.41) is 1.18. The van der Waals surface area contributed by atoms with Crippen LogP contribution in [0.3, 0.4) is 0 Å². The van der Waals surface area contributed by atoms with Gasteiger partial charge in [-0.15, -0.1) is 11.3 Å². The monoisotopic (exact) mass is 549 g/mol. The molecule has 0 spiro atoms. The van der Waals surface area contributed by atoms with E-state index in [9.17, 15) is 8.42 Å². The number of thiophene rings is 1. The molecule has 0 saturated carbocycles. The summed E-state index contributed by atoms with van der Waals surface area (Å²) in [5.74, 6) is 0.653. The van der Waals surface area contributed by atoms with Gasteiger partial charge in [0.1, 0.15) is 16.7 Å². The van der Waals surface area contributed by atoms with Crippen molar-refractivity contribution in [3.63, 3.8) is 0 Å². The van der Waals surface area contributed by atoms with Crippen LogP contribution in [-0.2, 0) is 10.0 Å². The minimum atomic E-state index is -3.99. The summed E-state index contributed by atoms with van der Waals surface area (Å²) in [6, 6.07) is 17.1. The first-order chi connectivity index (χ1) is 16.7. The van der Waals surface area contributed by atoms with E-state index in [2.05, 4.69) is 23.7 Å². The van der Waals surface area contributed by atoms with Crippen molar-refractivity contribution < 1.29 is 13.2 Å². The standard InChI is InChI=1S/C25H25Cl2N3O3S2/c1-4-29(5-2)16-33-20-9-7-19(8-10-20)30(35(31,32)25-13-12-24(27)34-25)23-14-17(3)28-22-15-18(26)6-11-21(22)23/h6-15H,4-5,16H2,1-3H3. The van der Waals surface area contributed by atoms with Crippen molar-refractivity contribution in [3.05, 3.63) is 75.7 Å². The van der Waals surface area contributed by atoms with Gasteiger partial charge in [-0.3, -0.25) is 9.88 Å². The molecule has 0 N–H and O–H groups in total. The second-order valence-electron chi connectivity index (χ2n) is 7.84. The molecule has 4 aromatic rings. The quantitative estimate of drug-likeness (QED) is 0.208. The van der Waals surface area contributed by atoms with E-state index < -0.39 is 10.0 Å². The van der Waals surface area contributed by atoms with Crippen LogP contribution in [0.5, 0.6) is 5.75 Å². The molecule has 4 rings (SSSR count). The lowest BCUT2D eigenvalue weighted by atomic mass is 10.1. The SMILES string of the molecule is CCN(CC)COc1ccc(N(c2cc(C)nc3cc(Cl)ccc23)S(=O)(=O)c2ccc(Cl)s2)cc1. The van der Waals surface area contributed by atoms with Crippen LogP contribution in [0.1, 0.15) is 19.5 Å². The number of halogens is 2. The molecule has 6 nitrogen and oxygen atoms in total. The maximum absolute atomic E-state index is 13.9. The van der Waals surface area contributed by atoms with Crippen LogP contribution >= 0.6 is 34.5 Å². The zero-order chi connectivity index (χ0) is 25.2. The van der Waals surface area contributed by atoms with Gasteiger partial charge in [-0.25, -0.2) is 4.31 Å². The summed E-state index contributed by atoms with van der Waals surface area (Å²) >= 11 is 13.3. The van der Waals surface area contributed by atoms with Crippen molar-refractivity contribution in [1.29, 1.82) is 0 Å². The van der Waals surface area contributed by atoms with Gasteiger partial charge in [0.15, 0.2) is 0 Å². The first-order valence-corrected chi connectivity index (χ1v) is 14.1. The number of aromatic nitrogens is 1. The summed E-state index contributed by atoms with van der Waals surface area (Å²) in [4.78, 5) is 6.70. The summed E-state index contributed by atoms with van der Waals surface area (Å²) in [6.07, 6.45) is 0. The average molecular weight is 551 g/mol. The smallest absolute Gasteiger partial charge is 0.278 e. The van der Waals surface area contributed by atoms with Crippen molar-refractivity contribution in [2.24, 2.45) is 0 Å². The number of hydrogen-bond acceptors (Lipinski definition) is 6. The van der Waals surface area contributed by atoms with E-state index in [1.54, 1.807) is 54.6 Å². The van der Waals surface area contributed by atoms with Crippen LogP contribution in [0, 0.1) is 6.92 Å². The fraction of sp³-hybridized carbons (Fsp3) is 0.240. The topological polar surface area (TPSA) is 62.7 Å². The Kier molecular flexibility index (Phi) is 7.88. The van der Waals surface area contributed by atoms with Crippen molar-refractivity contribution in [1.82, 2.24) is 9.88 Å². The van der Waals surface area contributed by atoms with E-state index in [1.165, 1.54) is 10.4 Å². The minimum Gasteiger partial charge on any atom is -0.478 e. The minimum absolute atomic E-state index is 0.140. The summed E-state index contributed by atoms with van der Waals surface area (Å²) < 4.78 is 35.6. The lowest BCUT2D eigenvalue weighted by molar-refractivity contribution is 0.137. The molecule has 0 saturated heterocycles. The Balaban J connectivity index is 1.84. The molecule has 0 radical (unpaired) electrons. The molecule has 0 bridgehead atoms. The zero-order valence-electron chi connectivity index (χ0n) is 19.5. The van der Waals surface area contributed by atoms with Crippen molar-refractivity contribution >= 4 is 66.8 Å². The van der Waals surface area contributed by atoms with Crippen LogP contribution in [0.15, 0.2) is 64.9 Å². The fourth-order valence-corrected chi connectivity index (χ4v) is 6.89. The van der Waals surface area contributed by atoms with E-state index in [0.29, 0.717) is 49.8 Å². The molecule has 2 aromatic heterocycles. The van der Waals surface area contributed by atoms with Gasteiger partial charge < -0.3 is 4.74 Å². The van der Waals surface area contributed by atoms with E-state index in [4.69, 9.17) is 27.9 Å². The Hall–Kier alpha value is -2.36. The van der Waals surface area contributed by atoms with Gasteiger partial charge in [-0.1, -0.05) is 37.0 Å². The number of nitrogens with zero attached hydrogens (tertiary/aromatic N) is 3. The second-order valence-corrected chi connectivity index (χ2v) is 12.0. The van der Waals surface area contributed by atoms with Crippen LogP contribution in [0.25, 0.3) is 10.9 Å². The highest BCUT2D eigenvalue weighted by Crippen LogP contribution is 2.40. The Morgan fingerprint density at radius 2 is 1.69 bits per heavy atom. The van der Waals surface area contributed by atoms with Crippen molar-refractivity contribution in [2.75, 3.05) is 24.1 Å². The Labute approximate surface area is 219 Å². The lowest BCUT2D eigenvalue weighted by Crippen LogP contribution is -2.27. The summed E-state index contributed by atoms with van der Waals surface area (Å²) in [5.41, 5.74) is 2.21. The second kappa shape index (κ2) is 10.7. The largest absolute Gasteiger partial charge is 0.478 e. The molecule has 0 unspecified atom stereocenters. The molecule has 2 heterocycles. The molecule has 0 atom stereocenters. The van der Waals surface area contributed by atoms with Crippen LogP contribution in [-0.4, -0.2) is 38.1 Å². The molecule has 184 valence electrons. The average Bonchev–Trinajstić information content (AvgIpc) is 3.27. The number of anilines is 2. The normalized spacial score (nSPS) is 11.8.